The van der Waals surface area contributed by atoms with Gasteiger partial charge in [-0.05, 0) is 56.4 Å². The number of aromatic hydroxyl groups is 1. The molecule has 2 aliphatic heterocycles. The van der Waals surface area contributed by atoms with Crippen LogP contribution in [0.4, 0.5) is 0 Å². The molecule has 3 rings (SSSR count). The topological polar surface area (TPSA) is 133 Å². The molecule has 2 aliphatic rings. The minimum atomic E-state index is -0.948. The molecule has 1 aromatic rings. The van der Waals surface area contributed by atoms with Gasteiger partial charge < -0.3 is 16.2 Å². The van der Waals surface area contributed by atoms with Crippen molar-refractivity contribution in [3.05, 3.63) is 28.8 Å². The first-order valence-electron chi connectivity index (χ1n) is 9.24. The SMILES string of the molecule is Cc1cc(C(=O)NC2CCC(=O)N3CCCC(C(N)=O)N3C2=O)cc(C)c1O. The van der Waals surface area contributed by atoms with Crippen LogP contribution in [0.1, 0.15) is 47.2 Å². The number of hydrogen-bond acceptors (Lipinski definition) is 5. The maximum Gasteiger partial charge on any atom is 0.264 e. The van der Waals surface area contributed by atoms with Crippen LogP contribution < -0.4 is 11.1 Å². The molecule has 0 aliphatic carbocycles. The van der Waals surface area contributed by atoms with Crippen LogP contribution in [-0.2, 0) is 14.4 Å². The zero-order chi connectivity index (χ0) is 20.6. The second-order valence-corrected chi connectivity index (χ2v) is 7.28. The first-order valence-corrected chi connectivity index (χ1v) is 9.24. The minimum absolute atomic E-state index is 0.0757. The third kappa shape index (κ3) is 3.51. The summed E-state index contributed by atoms with van der Waals surface area (Å²) >= 11 is 0. The number of nitrogens with two attached hydrogens (primary N) is 1. The number of benzene rings is 1. The number of amides is 4. The molecule has 2 unspecified atom stereocenters. The Morgan fingerprint density at radius 1 is 1.18 bits per heavy atom. The van der Waals surface area contributed by atoms with Gasteiger partial charge in [-0.3, -0.25) is 24.2 Å². The van der Waals surface area contributed by atoms with E-state index in [1.54, 1.807) is 13.8 Å². The zero-order valence-electron chi connectivity index (χ0n) is 15.9. The fourth-order valence-corrected chi connectivity index (χ4v) is 3.76. The van der Waals surface area contributed by atoms with Crippen LogP contribution in [0.25, 0.3) is 0 Å². The van der Waals surface area contributed by atoms with E-state index in [9.17, 15) is 24.3 Å². The molecule has 2 atom stereocenters. The van der Waals surface area contributed by atoms with Crippen LogP contribution >= 0.6 is 0 Å². The van der Waals surface area contributed by atoms with Gasteiger partial charge >= 0.3 is 0 Å². The number of rotatable bonds is 3. The van der Waals surface area contributed by atoms with Gasteiger partial charge in [-0.25, -0.2) is 5.01 Å². The van der Waals surface area contributed by atoms with E-state index in [1.807, 2.05) is 0 Å². The lowest BCUT2D eigenvalue weighted by atomic mass is 10.0. The van der Waals surface area contributed by atoms with Crippen molar-refractivity contribution in [3.8, 4) is 5.75 Å². The first kappa shape index (κ1) is 19.7. The molecule has 28 heavy (non-hydrogen) atoms. The van der Waals surface area contributed by atoms with Crippen molar-refractivity contribution in [1.82, 2.24) is 15.3 Å². The molecule has 9 nitrogen and oxygen atoms in total. The highest BCUT2D eigenvalue weighted by molar-refractivity contribution is 6.00. The number of phenols is 1. The van der Waals surface area contributed by atoms with Crippen molar-refractivity contribution in [2.75, 3.05) is 6.54 Å². The molecule has 2 fully saturated rings. The van der Waals surface area contributed by atoms with E-state index in [0.29, 0.717) is 36.1 Å². The molecule has 0 aromatic heterocycles. The third-order valence-electron chi connectivity index (χ3n) is 5.25. The van der Waals surface area contributed by atoms with Crippen molar-refractivity contribution in [2.24, 2.45) is 5.73 Å². The number of primary amides is 1. The highest BCUT2D eigenvalue weighted by Gasteiger charge is 2.43. The minimum Gasteiger partial charge on any atom is -0.507 e. The molecule has 1 aromatic carbocycles. The smallest absolute Gasteiger partial charge is 0.264 e. The summed E-state index contributed by atoms with van der Waals surface area (Å²) in [6.07, 6.45) is 1.17. The summed E-state index contributed by atoms with van der Waals surface area (Å²) in [5.74, 6) is -1.84. The van der Waals surface area contributed by atoms with E-state index in [2.05, 4.69) is 5.32 Å². The Hall–Kier alpha value is -3.10. The largest absolute Gasteiger partial charge is 0.507 e. The number of hydrogen-bond donors (Lipinski definition) is 3. The van der Waals surface area contributed by atoms with Gasteiger partial charge in [0, 0.05) is 18.5 Å². The van der Waals surface area contributed by atoms with Crippen LogP contribution in [0.3, 0.4) is 0 Å². The van der Waals surface area contributed by atoms with Gasteiger partial charge in [-0.15, -0.1) is 0 Å². The number of carbonyl (C=O) groups is 4. The lowest BCUT2D eigenvalue weighted by Gasteiger charge is -2.42. The Labute approximate surface area is 162 Å². The molecular formula is C19H24N4O5. The van der Waals surface area contributed by atoms with E-state index < -0.39 is 29.8 Å². The summed E-state index contributed by atoms with van der Waals surface area (Å²) in [6.45, 7) is 3.70. The third-order valence-corrected chi connectivity index (χ3v) is 5.25. The molecular weight excluding hydrogens is 364 g/mol. The van der Waals surface area contributed by atoms with Crippen LogP contribution in [0, 0.1) is 13.8 Å². The fraction of sp³-hybridized carbons (Fsp3) is 0.474. The average molecular weight is 388 g/mol. The van der Waals surface area contributed by atoms with Crippen molar-refractivity contribution in [3.63, 3.8) is 0 Å². The predicted octanol–water partition coefficient (Wildman–Crippen LogP) is 0.121. The molecule has 9 heteroatoms. The van der Waals surface area contributed by atoms with Crippen molar-refractivity contribution < 1.29 is 24.3 Å². The summed E-state index contributed by atoms with van der Waals surface area (Å²) in [6, 6.07) is 1.21. The van der Waals surface area contributed by atoms with Crippen molar-refractivity contribution in [2.45, 2.75) is 51.6 Å². The van der Waals surface area contributed by atoms with Crippen molar-refractivity contribution >= 4 is 23.6 Å². The highest BCUT2D eigenvalue weighted by Crippen LogP contribution is 2.26. The monoisotopic (exact) mass is 388 g/mol. The molecule has 0 radical (unpaired) electrons. The van der Waals surface area contributed by atoms with Gasteiger partial charge in [0.2, 0.25) is 11.8 Å². The van der Waals surface area contributed by atoms with Gasteiger partial charge in [0.15, 0.2) is 0 Å². The standard InChI is InChI=1S/C19H24N4O5/c1-10-8-12(9-11(2)16(10)25)18(27)21-13-5-6-15(24)22-7-3-4-14(17(20)26)23(22)19(13)28/h8-9,13-14,25H,3-7H2,1-2H3,(H2,20,26)(H,21,27). The predicted molar refractivity (Wildman–Crippen MR) is 98.8 cm³/mol. The van der Waals surface area contributed by atoms with E-state index in [-0.39, 0.29) is 24.5 Å². The molecule has 0 bridgehead atoms. The van der Waals surface area contributed by atoms with Crippen LogP contribution in [0.2, 0.25) is 0 Å². The first-order chi connectivity index (χ1) is 13.2. The van der Waals surface area contributed by atoms with E-state index in [0.717, 1.165) is 5.01 Å². The van der Waals surface area contributed by atoms with Gasteiger partial charge in [0.05, 0.1) is 0 Å². The van der Waals surface area contributed by atoms with Gasteiger partial charge in [-0.2, -0.15) is 0 Å². The second kappa shape index (κ2) is 7.49. The van der Waals surface area contributed by atoms with Crippen LogP contribution in [-0.4, -0.2) is 57.4 Å². The summed E-state index contributed by atoms with van der Waals surface area (Å²) in [5.41, 5.74) is 6.83. The Balaban J connectivity index is 1.86. The molecule has 0 saturated carbocycles. The van der Waals surface area contributed by atoms with Gasteiger partial charge in [0.25, 0.3) is 11.8 Å². The molecule has 2 saturated heterocycles. The molecule has 0 spiro atoms. The second-order valence-electron chi connectivity index (χ2n) is 7.28. The Morgan fingerprint density at radius 2 is 1.82 bits per heavy atom. The van der Waals surface area contributed by atoms with Gasteiger partial charge in [0.1, 0.15) is 17.8 Å². The summed E-state index contributed by atoms with van der Waals surface area (Å²) in [7, 11) is 0. The maximum atomic E-state index is 13.1. The van der Waals surface area contributed by atoms with E-state index in [1.165, 1.54) is 17.1 Å². The number of aryl methyl sites for hydroxylation is 2. The van der Waals surface area contributed by atoms with Crippen LogP contribution in [0.5, 0.6) is 5.75 Å². The summed E-state index contributed by atoms with van der Waals surface area (Å²) in [4.78, 5) is 50.0. The average Bonchev–Trinajstić information content (AvgIpc) is 2.77. The van der Waals surface area contributed by atoms with E-state index >= 15 is 0 Å². The lowest BCUT2D eigenvalue weighted by Crippen LogP contribution is -2.63. The number of nitrogens with zero attached hydrogens (tertiary/aromatic N) is 2. The van der Waals surface area contributed by atoms with Gasteiger partial charge in [-0.1, -0.05) is 0 Å². The normalized spacial score (nSPS) is 22.5. The number of hydrazine groups is 1. The van der Waals surface area contributed by atoms with Crippen molar-refractivity contribution in [1.29, 1.82) is 0 Å². The Morgan fingerprint density at radius 3 is 2.43 bits per heavy atom. The number of phenolic OH excluding ortho intramolecular Hbond substituents is 1. The summed E-state index contributed by atoms with van der Waals surface area (Å²) < 4.78 is 0. The molecule has 4 amide bonds. The zero-order valence-corrected chi connectivity index (χ0v) is 15.9. The fourth-order valence-electron chi connectivity index (χ4n) is 3.76. The highest BCUT2D eigenvalue weighted by atomic mass is 16.3. The number of nitrogens with one attached hydrogen (secondary N) is 1. The lowest BCUT2D eigenvalue weighted by molar-refractivity contribution is -0.175. The maximum absolute atomic E-state index is 13.1. The Bertz CT molecular complexity index is 830. The molecule has 150 valence electrons. The molecule has 2 heterocycles. The number of carbonyl (C=O) groups excluding carboxylic acids is 4. The summed E-state index contributed by atoms with van der Waals surface area (Å²) in [5, 5.41) is 14.9. The number of fused-ring (bicyclic) bond motifs is 1. The quantitative estimate of drug-likeness (QED) is 0.676. The van der Waals surface area contributed by atoms with Crippen LogP contribution in [0.15, 0.2) is 12.1 Å². The van der Waals surface area contributed by atoms with E-state index in [4.69, 9.17) is 5.73 Å². The molecule has 4 N–H and O–H groups in total. The Kier molecular flexibility index (Phi) is 5.26.